The van der Waals surface area contributed by atoms with Crippen LogP contribution in [0.25, 0.3) is 11.0 Å². The van der Waals surface area contributed by atoms with Crippen LogP contribution in [-0.2, 0) is 6.42 Å². The lowest BCUT2D eigenvalue weighted by atomic mass is 10.1. The van der Waals surface area contributed by atoms with E-state index in [0.29, 0.717) is 6.04 Å². The van der Waals surface area contributed by atoms with Gasteiger partial charge < -0.3 is 24.8 Å². The quantitative estimate of drug-likeness (QED) is 0.192. The third-order valence-corrected chi connectivity index (χ3v) is 7.91. The molecule has 5 rings (SSSR count). The monoisotopic (exact) mass is 526 g/mol. The van der Waals surface area contributed by atoms with Crippen molar-refractivity contribution in [1.29, 1.82) is 0 Å². The van der Waals surface area contributed by atoms with E-state index in [4.69, 9.17) is 4.74 Å². The Morgan fingerprint density at radius 2 is 1.87 bits per heavy atom. The Hall–Kier alpha value is -3.42. The third kappa shape index (κ3) is 7.16. The van der Waals surface area contributed by atoms with Gasteiger partial charge in [-0.3, -0.25) is 0 Å². The number of nitrogens with one attached hydrogen (secondary N) is 2. The lowest BCUT2D eigenvalue weighted by Gasteiger charge is -2.24. The van der Waals surface area contributed by atoms with Gasteiger partial charge in [-0.1, -0.05) is 37.3 Å². The number of aromatic nitrogens is 3. The van der Waals surface area contributed by atoms with Gasteiger partial charge in [0.15, 0.2) is 0 Å². The predicted octanol–water partition coefficient (Wildman–Crippen LogP) is 6.15. The van der Waals surface area contributed by atoms with Crippen LogP contribution in [0.2, 0.25) is 0 Å². The Morgan fingerprint density at radius 3 is 2.72 bits per heavy atom. The van der Waals surface area contributed by atoms with Crippen molar-refractivity contribution in [3.8, 4) is 11.5 Å². The van der Waals surface area contributed by atoms with Gasteiger partial charge in [-0.05, 0) is 100 Å². The Morgan fingerprint density at radius 1 is 1.00 bits per heavy atom. The molecule has 1 aliphatic rings. The van der Waals surface area contributed by atoms with Crippen molar-refractivity contribution in [2.24, 2.45) is 5.92 Å². The van der Waals surface area contributed by atoms with E-state index in [2.05, 4.69) is 67.5 Å². The second kappa shape index (κ2) is 13.6. The average Bonchev–Trinajstić information content (AvgIpc) is 3.62. The Kier molecular flexibility index (Phi) is 9.46. The molecule has 7 nitrogen and oxygen atoms in total. The first-order chi connectivity index (χ1) is 19.2. The maximum atomic E-state index is 5.98. The Bertz CT molecular complexity index is 1310. The Balaban J connectivity index is 1.01. The molecule has 2 heterocycles. The molecule has 0 amide bonds. The van der Waals surface area contributed by atoms with Crippen LogP contribution in [0, 0.1) is 5.92 Å². The first-order valence-corrected chi connectivity index (χ1v) is 14.5. The number of hydrogen-bond donors (Lipinski definition) is 2. The number of rotatable bonds is 14. The van der Waals surface area contributed by atoms with Crippen molar-refractivity contribution < 1.29 is 4.74 Å². The second-order valence-electron chi connectivity index (χ2n) is 10.6. The summed E-state index contributed by atoms with van der Waals surface area (Å²) in [6.45, 7) is 7.77. The molecule has 4 aromatic rings. The highest BCUT2D eigenvalue weighted by atomic mass is 16.5. The summed E-state index contributed by atoms with van der Waals surface area (Å²) in [7, 11) is 1.92. The molecule has 1 saturated carbocycles. The first-order valence-electron chi connectivity index (χ1n) is 14.5. The van der Waals surface area contributed by atoms with Crippen LogP contribution in [-0.4, -0.2) is 59.2 Å². The van der Waals surface area contributed by atoms with Crippen molar-refractivity contribution in [1.82, 2.24) is 24.8 Å². The normalized spacial score (nSPS) is 17.2. The molecule has 39 heavy (non-hydrogen) atoms. The van der Waals surface area contributed by atoms with Crippen LogP contribution in [0.3, 0.4) is 0 Å². The van der Waals surface area contributed by atoms with Gasteiger partial charge in [-0.25, -0.2) is 9.97 Å². The fourth-order valence-electron chi connectivity index (χ4n) is 5.85. The summed E-state index contributed by atoms with van der Waals surface area (Å²) >= 11 is 0. The van der Waals surface area contributed by atoms with Gasteiger partial charge in [0.2, 0.25) is 0 Å². The zero-order chi connectivity index (χ0) is 26.9. The number of fused-ring (bicyclic) bond motifs is 1. The van der Waals surface area contributed by atoms with Gasteiger partial charge in [0.25, 0.3) is 0 Å². The van der Waals surface area contributed by atoms with Crippen LogP contribution in [0.4, 0.5) is 5.82 Å². The minimum atomic E-state index is 0.532. The lowest BCUT2D eigenvalue weighted by molar-refractivity contribution is 0.236. The summed E-state index contributed by atoms with van der Waals surface area (Å²) < 4.78 is 8.35. The molecular formula is C32H42N6O. The highest BCUT2D eigenvalue weighted by Gasteiger charge is 2.28. The SMILES string of the molecule is CCN(CCCNCCc1cccc(Oc2ccccc2)c1)CC1CCC(n2ccc3c(NC)ncnc32)C1. The van der Waals surface area contributed by atoms with Crippen molar-refractivity contribution in [2.75, 3.05) is 45.1 Å². The number of ether oxygens (including phenoxy) is 1. The topological polar surface area (TPSA) is 67.2 Å². The van der Waals surface area contributed by atoms with E-state index in [0.717, 1.165) is 66.9 Å². The maximum Gasteiger partial charge on any atom is 0.145 e. The standard InChI is InChI=1S/C32H42N6O/c1-3-37(23-26-13-14-27(21-26)38-20-16-30-31(33-2)35-24-36-32(30)38)19-8-17-34-18-15-25-9-7-12-29(22-25)39-28-10-5-4-6-11-28/h4-7,9-12,16,20,22,24,26-27,34H,3,8,13-15,17-19,21,23H2,1-2H3,(H,33,35,36). The summed E-state index contributed by atoms with van der Waals surface area (Å²) in [6, 6.07) is 21.1. The summed E-state index contributed by atoms with van der Waals surface area (Å²) in [5, 5.41) is 7.94. The van der Waals surface area contributed by atoms with Gasteiger partial charge in [-0.15, -0.1) is 0 Å². The van der Waals surface area contributed by atoms with Crippen molar-refractivity contribution >= 4 is 16.9 Å². The number of nitrogens with zero attached hydrogens (tertiary/aromatic N) is 4. The fraction of sp³-hybridized carbons (Fsp3) is 0.438. The maximum absolute atomic E-state index is 5.98. The zero-order valence-corrected chi connectivity index (χ0v) is 23.4. The van der Waals surface area contributed by atoms with Crippen LogP contribution in [0.15, 0.2) is 73.2 Å². The number of benzene rings is 2. The number of para-hydroxylation sites is 1. The van der Waals surface area contributed by atoms with E-state index < -0.39 is 0 Å². The van der Waals surface area contributed by atoms with Gasteiger partial charge in [0.1, 0.15) is 29.3 Å². The molecule has 0 spiro atoms. The van der Waals surface area contributed by atoms with Crippen LogP contribution < -0.4 is 15.4 Å². The highest BCUT2D eigenvalue weighted by molar-refractivity contribution is 5.87. The van der Waals surface area contributed by atoms with Crippen LogP contribution >= 0.6 is 0 Å². The molecule has 2 atom stereocenters. The molecule has 1 aliphatic carbocycles. The molecule has 0 radical (unpaired) electrons. The Labute approximate surface area is 232 Å². The smallest absolute Gasteiger partial charge is 0.145 e. The summed E-state index contributed by atoms with van der Waals surface area (Å²) in [4.78, 5) is 11.6. The van der Waals surface area contributed by atoms with Gasteiger partial charge in [0, 0.05) is 25.8 Å². The van der Waals surface area contributed by atoms with Gasteiger partial charge in [-0.2, -0.15) is 0 Å². The summed E-state index contributed by atoms with van der Waals surface area (Å²) in [5.41, 5.74) is 2.35. The van der Waals surface area contributed by atoms with E-state index in [1.54, 1.807) is 6.33 Å². The summed E-state index contributed by atoms with van der Waals surface area (Å²) in [5.74, 6) is 3.42. The van der Waals surface area contributed by atoms with Gasteiger partial charge in [0.05, 0.1) is 5.39 Å². The molecule has 206 valence electrons. The second-order valence-corrected chi connectivity index (χ2v) is 10.6. The van der Waals surface area contributed by atoms with E-state index in [1.807, 2.05) is 43.4 Å². The minimum absolute atomic E-state index is 0.532. The van der Waals surface area contributed by atoms with E-state index in [9.17, 15) is 0 Å². The molecule has 0 saturated heterocycles. The molecule has 1 fully saturated rings. The molecule has 2 aromatic carbocycles. The summed E-state index contributed by atoms with van der Waals surface area (Å²) in [6.07, 6.45) is 9.78. The number of anilines is 1. The van der Waals surface area contributed by atoms with Gasteiger partial charge >= 0.3 is 0 Å². The van der Waals surface area contributed by atoms with Crippen molar-refractivity contribution in [2.45, 2.75) is 45.1 Å². The molecule has 2 unspecified atom stereocenters. The molecule has 7 heteroatoms. The van der Waals surface area contributed by atoms with Crippen LogP contribution in [0.5, 0.6) is 11.5 Å². The van der Waals surface area contributed by atoms with E-state index in [-0.39, 0.29) is 0 Å². The average molecular weight is 527 g/mol. The van der Waals surface area contributed by atoms with E-state index >= 15 is 0 Å². The molecular weight excluding hydrogens is 484 g/mol. The van der Waals surface area contributed by atoms with E-state index in [1.165, 1.54) is 37.8 Å². The minimum Gasteiger partial charge on any atom is -0.457 e. The largest absolute Gasteiger partial charge is 0.457 e. The molecule has 0 bridgehead atoms. The molecule has 2 N–H and O–H groups in total. The molecule has 2 aromatic heterocycles. The van der Waals surface area contributed by atoms with Crippen LogP contribution in [0.1, 0.15) is 44.2 Å². The van der Waals surface area contributed by atoms with Crippen molar-refractivity contribution in [3.05, 3.63) is 78.8 Å². The molecule has 0 aliphatic heterocycles. The number of hydrogen-bond acceptors (Lipinski definition) is 6. The predicted molar refractivity (Wildman–Crippen MR) is 160 cm³/mol. The lowest BCUT2D eigenvalue weighted by Crippen LogP contribution is -2.31. The first kappa shape index (κ1) is 27.2. The van der Waals surface area contributed by atoms with Crippen molar-refractivity contribution in [3.63, 3.8) is 0 Å². The third-order valence-electron chi connectivity index (χ3n) is 7.91. The highest BCUT2D eigenvalue weighted by Crippen LogP contribution is 2.37. The zero-order valence-electron chi connectivity index (χ0n) is 23.4. The fourth-order valence-corrected chi connectivity index (χ4v) is 5.85.